The Kier molecular flexibility index (Phi) is 6.39. The molecule has 1 nitrogen and oxygen atoms in total. The molecule has 2 rings (SSSR count). The predicted octanol–water partition coefficient (Wildman–Crippen LogP) is 5.09. The largest absolute Gasteiger partial charge is 0.385 e. The van der Waals surface area contributed by atoms with Crippen molar-refractivity contribution in [1.82, 2.24) is 5.32 Å². The lowest BCUT2D eigenvalue weighted by atomic mass is 10.0. The first-order chi connectivity index (χ1) is 8.97. The minimum atomic E-state index is 1.17. The number of hydrogen-bond acceptors (Lipinski definition) is 1. The molecule has 0 bridgehead atoms. The second kappa shape index (κ2) is 8.39. The highest BCUT2D eigenvalue weighted by molar-refractivity contribution is 5.29. The summed E-state index contributed by atoms with van der Waals surface area (Å²) in [6, 6.07) is 0. The van der Waals surface area contributed by atoms with Crippen molar-refractivity contribution in [3.05, 3.63) is 23.4 Å². The molecule has 0 aromatic heterocycles. The summed E-state index contributed by atoms with van der Waals surface area (Å²) in [4.78, 5) is 0. The third kappa shape index (κ3) is 4.88. The SMILES string of the molecule is C1=C(C2=CCCCCCCN2)CCCCCCC1. The molecule has 1 heterocycles. The Labute approximate surface area is 113 Å². The van der Waals surface area contributed by atoms with Crippen molar-refractivity contribution < 1.29 is 0 Å². The Morgan fingerprint density at radius 2 is 1.33 bits per heavy atom. The summed E-state index contributed by atoms with van der Waals surface area (Å²) in [5, 5.41) is 3.69. The summed E-state index contributed by atoms with van der Waals surface area (Å²) in [5.74, 6) is 0. The van der Waals surface area contributed by atoms with Crippen LogP contribution in [0.2, 0.25) is 0 Å². The summed E-state index contributed by atoms with van der Waals surface area (Å²) in [6.07, 6.45) is 21.4. The fraction of sp³-hybridized carbons (Fsp3) is 0.765. The van der Waals surface area contributed by atoms with E-state index in [9.17, 15) is 0 Å². The lowest BCUT2D eigenvalue weighted by molar-refractivity contribution is 0.624. The van der Waals surface area contributed by atoms with Gasteiger partial charge in [-0.05, 0) is 50.5 Å². The molecule has 0 atom stereocenters. The highest BCUT2D eigenvalue weighted by atomic mass is 14.9. The third-order valence-corrected chi connectivity index (χ3v) is 4.18. The van der Waals surface area contributed by atoms with Crippen molar-refractivity contribution in [3.8, 4) is 0 Å². The van der Waals surface area contributed by atoms with Gasteiger partial charge >= 0.3 is 0 Å². The molecule has 0 aromatic carbocycles. The molecule has 102 valence electrons. The maximum atomic E-state index is 3.69. The van der Waals surface area contributed by atoms with Crippen LogP contribution < -0.4 is 5.32 Å². The first-order valence-electron chi connectivity index (χ1n) is 8.10. The van der Waals surface area contributed by atoms with Gasteiger partial charge in [-0.3, -0.25) is 0 Å². The standard InChI is InChI=1S/C17H29N/c1-2-5-9-13-16(12-8-4-1)17-14-10-6-3-7-11-15-18-17/h12,14,18H,1-11,13,15H2. The lowest BCUT2D eigenvalue weighted by Crippen LogP contribution is -2.16. The van der Waals surface area contributed by atoms with Crippen molar-refractivity contribution in [2.24, 2.45) is 0 Å². The number of nitrogens with one attached hydrogen (secondary N) is 1. The van der Waals surface area contributed by atoms with Crippen molar-refractivity contribution >= 4 is 0 Å². The van der Waals surface area contributed by atoms with Gasteiger partial charge < -0.3 is 5.32 Å². The van der Waals surface area contributed by atoms with Crippen molar-refractivity contribution in [3.63, 3.8) is 0 Å². The maximum absolute atomic E-state index is 3.69. The topological polar surface area (TPSA) is 12.0 Å². The highest BCUT2D eigenvalue weighted by Gasteiger charge is 2.07. The van der Waals surface area contributed by atoms with Gasteiger partial charge in [-0.2, -0.15) is 0 Å². The quantitative estimate of drug-likeness (QED) is 0.680. The molecule has 0 amide bonds. The van der Waals surface area contributed by atoms with Gasteiger partial charge in [0, 0.05) is 12.2 Å². The number of allylic oxidation sites excluding steroid dienone is 3. The smallest absolute Gasteiger partial charge is 0.0328 e. The zero-order valence-electron chi connectivity index (χ0n) is 11.8. The molecule has 0 saturated heterocycles. The summed E-state index contributed by atoms with van der Waals surface area (Å²) in [6.45, 7) is 1.17. The minimum absolute atomic E-state index is 1.17. The van der Waals surface area contributed by atoms with Crippen LogP contribution in [0.5, 0.6) is 0 Å². The van der Waals surface area contributed by atoms with Crippen LogP contribution in [-0.2, 0) is 0 Å². The first kappa shape index (κ1) is 13.7. The van der Waals surface area contributed by atoms with Crippen molar-refractivity contribution in [1.29, 1.82) is 0 Å². The van der Waals surface area contributed by atoms with E-state index in [2.05, 4.69) is 17.5 Å². The summed E-state index contributed by atoms with van der Waals surface area (Å²) < 4.78 is 0. The third-order valence-electron chi connectivity index (χ3n) is 4.18. The summed E-state index contributed by atoms with van der Waals surface area (Å²) in [7, 11) is 0. The molecule has 1 aliphatic carbocycles. The molecule has 0 saturated carbocycles. The molecule has 1 aliphatic heterocycles. The average molecular weight is 247 g/mol. The van der Waals surface area contributed by atoms with E-state index >= 15 is 0 Å². The monoisotopic (exact) mass is 247 g/mol. The van der Waals surface area contributed by atoms with Gasteiger partial charge in [0.2, 0.25) is 0 Å². The Morgan fingerprint density at radius 1 is 0.667 bits per heavy atom. The lowest BCUT2D eigenvalue weighted by Gasteiger charge is -2.14. The molecule has 0 radical (unpaired) electrons. The van der Waals surface area contributed by atoms with Crippen LogP contribution >= 0.6 is 0 Å². The van der Waals surface area contributed by atoms with Gasteiger partial charge in [0.15, 0.2) is 0 Å². The van der Waals surface area contributed by atoms with E-state index in [1.54, 1.807) is 5.57 Å². The van der Waals surface area contributed by atoms with Crippen LogP contribution in [0.25, 0.3) is 0 Å². The molecule has 0 spiro atoms. The average Bonchev–Trinajstić information content (AvgIpc) is 2.61. The molecular formula is C17H29N. The normalized spacial score (nSPS) is 24.0. The van der Waals surface area contributed by atoms with E-state index in [1.165, 1.54) is 89.3 Å². The van der Waals surface area contributed by atoms with Crippen LogP contribution in [0.3, 0.4) is 0 Å². The van der Waals surface area contributed by atoms with E-state index in [0.717, 1.165) is 0 Å². The van der Waals surface area contributed by atoms with E-state index in [1.807, 2.05) is 0 Å². The molecule has 1 heteroatoms. The zero-order valence-corrected chi connectivity index (χ0v) is 11.8. The van der Waals surface area contributed by atoms with Crippen LogP contribution in [0, 0.1) is 0 Å². The van der Waals surface area contributed by atoms with Crippen LogP contribution in [-0.4, -0.2) is 6.54 Å². The van der Waals surface area contributed by atoms with Gasteiger partial charge in [0.25, 0.3) is 0 Å². The maximum Gasteiger partial charge on any atom is 0.0328 e. The predicted molar refractivity (Wildman–Crippen MR) is 79.6 cm³/mol. The van der Waals surface area contributed by atoms with Crippen LogP contribution in [0.1, 0.15) is 77.0 Å². The molecule has 2 aliphatic rings. The molecule has 1 N–H and O–H groups in total. The fourth-order valence-corrected chi connectivity index (χ4v) is 3.02. The van der Waals surface area contributed by atoms with E-state index in [4.69, 9.17) is 0 Å². The Hall–Kier alpha value is -0.720. The Balaban J connectivity index is 1.99. The van der Waals surface area contributed by atoms with Crippen molar-refractivity contribution in [2.45, 2.75) is 77.0 Å². The van der Waals surface area contributed by atoms with Crippen molar-refractivity contribution in [2.75, 3.05) is 6.54 Å². The number of hydrogen-bond donors (Lipinski definition) is 1. The second-order valence-corrected chi connectivity index (χ2v) is 5.78. The van der Waals surface area contributed by atoms with Gasteiger partial charge in [0.05, 0.1) is 0 Å². The Bertz CT molecular complexity index is 258. The van der Waals surface area contributed by atoms with Crippen LogP contribution in [0.4, 0.5) is 0 Å². The van der Waals surface area contributed by atoms with E-state index in [-0.39, 0.29) is 0 Å². The highest BCUT2D eigenvalue weighted by Crippen LogP contribution is 2.22. The van der Waals surface area contributed by atoms with Gasteiger partial charge in [-0.1, -0.05) is 44.3 Å². The second-order valence-electron chi connectivity index (χ2n) is 5.78. The summed E-state index contributed by atoms with van der Waals surface area (Å²) in [5.41, 5.74) is 3.08. The van der Waals surface area contributed by atoms with E-state index in [0.29, 0.717) is 0 Å². The minimum Gasteiger partial charge on any atom is -0.385 e. The molecular weight excluding hydrogens is 218 g/mol. The fourth-order valence-electron chi connectivity index (χ4n) is 3.02. The number of rotatable bonds is 1. The van der Waals surface area contributed by atoms with E-state index < -0.39 is 0 Å². The molecule has 0 unspecified atom stereocenters. The van der Waals surface area contributed by atoms with Gasteiger partial charge in [0.1, 0.15) is 0 Å². The zero-order chi connectivity index (χ0) is 12.5. The first-order valence-corrected chi connectivity index (χ1v) is 8.10. The van der Waals surface area contributed by atoms with Gasteiger partial charge in [-0.15, -0.1) is 0 Å². The molecule has 0 fully saturated rings. The Morgan fingerprint density at radius 3 is 2.22 bits per heavy atom. The van der Waals surface area contributed by atoms with Gasteiger partial charge in [-0.25, -0.2) is 0 Å². The molecule has 0 aromatic rings. The molecule has 18 heavy (non-hydrogen) atoms. The van der Waals surface area contributed by atoms with Crippen LogP contribution in [0.15, 0.2) is 23.4 Å². The summed E-state index contributed by atoms with van der Waals surface area (Å²) >= 11 is 0.